The SMILES string of the molecule is CCOc1ccc([C@H]2C(C(=O)OC(C)C)=C(C)N=c3s/c(=C\c4cc(Br)c(Sc5nccc(C)n5)o4)c(=O)n32)cc1. The minimum Gasteiger partial charge on any atom is -0.494 e. The van der Waals surface area contributed by atoms with Crippen LogP contribution in [0.2, 0.25) is 0 Å². The maximum Gasteiger partial charge on any atom is 0.338 e. The van der Waals surface area contributed by atoms with E-state index in [0.717, 1.165) is 11.3 Å². The molecular formula is C29H27BrN4O5S2. The van der Waals surface area contributed by atoms with Gasteiger partial charge in [-0.3, -0.25) is 9.36 Å². The summed E-state index contributed by atoms with van der Waals surface area (Å²) in [6.07, 6.45) is 3.04. The van der Waals surface area contributed by atoms with Crippen molar-refractivity contribution in [1.29, 1.82) is 0 Å². The van der Waals surface area contributed by atoms with Crippen molar-refractivity contribution >= 4 is 51.1 Å². The summed E-state index contributed by atoms with van der Waals surface area (Å²) in [6.45, 7) is 9.66. The third-order valence-corrected chi connectivity index (χ3v) is 8.70. The van der Waals surface area contributed by atoms with Gasteiger partial charge in [0.2, 0.25) is 0 Å². The number of carbonyl (C=O) groups excluding carboxylic acids is 1. The van der Waals surface area contributed by atoms with Crippen LogP contribution in [0.15, 0.2) is 82.8 Å². The zero-order valence-corrected chi connectivity index (χ0v) is 26.2. The molecule has 4 heterocycles. The topological polar surface area (TPSA) is 109 Å². The average molecular weight is 656 g/mol. The van der Waals surface area contributed by atoms with Crippen LogP contribution in [0.25, 0.3) is 6.08 Å². The molecule has 9 nitrogen and oxygen atoms in total. The van der Waals surface area contributed by atoms with Gasteiger partial charge in [0.15, 0.2) is 15.1 Å². The smallest absolute Gasteiger partial charge is 0.338 e. The summed E-state index contributed by atoms with van der Waals surface area (Å²) >= 11 is 6.04. The largest absolute Gasteiger partial charge is 0.494 e. The summed E-state index contributed by atoms with van der Waals surface area (Å²) in [5.74, 6) is 0.665. The summed E-state index contributed by atoms with van der Waals surface area (Å²) in [5.41, 5.74) is 2.11. The molecular weight excluding hydrogens is 628 g/mol. The number of thiazole rings is 1. The Morgan fingerprint density at radius 3 is 2.68 bits per heavy atom. The molecule has 1 aromatic carbocycles. The van der Waals surface area contributed by atoms with Crippen LogP contribution >= 0.6 is 39.0 Å². The lowest BCUT2D eigenvalue weighted by molar-refractivity contribution is -0.143. The second kappa shape index (κ2) is 12.2. The van der Waals surface area contributed by atoms with E-state index in [2.05, 4.69) is 30.9 Å². The maximum atomic E-state index is 13.9. The number of nitrogens with zero attached hydrogens (tertiary/aromatic N) is 4. The molecule has 0 unspecified atom stereocenters. The Hall–Kier alpha value is -3.48. The predicted octanol–water partition coefficient (Wildman–Crippen LogP) is 5.19. The van der Waals surface area contributed by atoms with Crippen molar-refractivity contribution in [2.75, 3.05) is 6.61 Å². The molecule has 12 heteroatoms. The molecule has 3 aromatic heterocycles. The van der Waals surface area contributed by atoms with Crippen LogP contribution in [0, 0.1) is 6.92 Å². The van der Waals surface area contributed by atoms with Gasteiger partial charge in [0, 0.05) is 18.0 Å². The molecule has 0 radical (unpaired) electrons. The number of rotatable bonds is 8. The second-order valence-corrected chi connectivity index (χ2v) is 12.2. The van der Waals surface area contributed by atoms with E-state index in [1.54, 1.807) is 43.7 Å². The van der Waals surface area contributed by atoms with Crippen molar-refractivity contribution in [3.05, 3.63) is 95.0 Å². The molecule has 41 heavy (non-hydrogen) atoms. The standard InChI is InChI=1S/C29H27BrN4O5S2/c1-6-37-19-9-7-18(8-10-19)24-23(26(36)38-15(2)3)17(5)33-29-34(24)25(35)22(40-29)14-20-13-21(30)27(39-20)41-28-31-12-11-16(4)32-28/h7-15,24H,6H2,1-5H3/b22-14-/t24-/m0/s1. The van der Waals surface area contributed by atoms with Crippen LogP contribution in [0.4, 0.5) is 0 Å². The average Bonchev–Trinajstić information content (AvgIpc) is 3.41. The fourth-order valence-corrected chi connectivity index (χ4v) is 6.62. The molecule has 0 bridgehead atoms. The van der Waals surface area contributed by atoms with E-state index >= 15 is 0 Å². The number of hydrogen-bond donors (Lipinski definition) is 0. The van der Waals surface area contributed by atoms with Crippen molar-refractivity contribution in [2.24, 2.45) is 4.99 Å². The van der Waals surface area contributed by atoms with Crippen molar-refractivity contribution < 1.29 is 18.7 Å². The molecule has 0 N–H and O–H groups in total. The normalized spacial score (nSPS) is 15.2. The number of carbonyl (C=O) groups is 1. The molecule has 1 aliphatic heterocycles. The summed E-state index contributed by atoms with van der Waals surface area (Å²) in [4.78, 5) is 41.0. The lowest BCUT2D eigenvalue weighted by Gasteiger charge is -2.25. The Balaban J connectivity index is 1.59. The van der Waals surface area contributed by atoms with Gasteiger partial charge in [0.05, 0.1) is 39.0 Å². The molecule has 4 aromatic rings. The molecule has 0 spiro atoms. The first-order valence-corrected chi connectivity index (χ1v) is 15.3. The van der Waals surface area contributed by atoms with E-state index in [1.807, 2.05) is 44.2 Å². The lowest BCUT2D eigenvalue weighted by Crippen LogP contribution is -2.40. The van der Waals surface area contributed by atoms with E-state index in [-0.39, 0.29) is 11.7 Å². The maximum absolute atomic E-state index is 13.9. The molecule has 0 fully saturated rings. The van der Waals surface area contributed by atoms with Crippen molar-refractivity contribution in [1.82, 2.24) is 14.5 Å². The van der Waals surface area contributed by atoms with Gasteiger partial charge in [-0.25, -0.2) is 19.8 Å². The van der Waals surface area contributed by atoms with Crippen LogP contribution in [0.1, 0.15) is 50.8 Å². The highest BCUT2D eigenvalue weighted by Gasteiger charge is 2.34. The van der Waals surface area contributed by atoms with Crippen molar-refractivity contribution in [3.8, 4) is 5.75 Å². The number of halogens is 1. The minimum absolute atomic E-state index is 0.293. The first-order valence-electron chi connectivity index (χ1n) is 12.9. The van der Waals surface area contributed by atoms with Crippen LogP contribution in [0.3, 0.4) is 0 Å². The number of furan rings is 1. The van der Waals surface area contributed by atoms with Crippen LogP contribution < -0.4 is 19.6 Å². The van der Waals surface area contributed by atoms with Crippen LogP contribution in [-0.4, -0.2) is 33.2 Å². The monoisotopic (exact) mass is 654 g/mol. The van der Waals surface area contributed by atoms with Gasteiger partial charge in [-0.15, -0.1) is 0 Å². The Bertz CT molecular complexity index is 1820. The lowest BCUT2D eigenvalue weighted by atomic mass is 9.96. The van der Waals surface area contributed by atoms with E-state index in [0.29, 0.717) is 53.4 Å². The van der Waals surface area contributed by atoms with Gasteiger partial charge in [-0.1, -0.05) is 23.5 Å². The third-order valence-electron chi connectivity index (χ3n) is 6.00. The number of aryl methyl sites for hydroxylation is 1. The first-order chi connectivity index (χ1) is 19.6. The number of fused-ring (bicyclic) bond motifs is 1. The van der Waals surface area contributed by atoms with Crippen LogP contribution in [0.5, 0.6) is 5.75 Å². The number of hydrogen-bond acceptors (Lipinski definition) is 10. The number of esters is 1. The molecule has 212 valence electrons. The molecule has 0 aliphatic carbocycles. The molecule has 0 saturated carbocycles. The summed E-state index contributed by atoms with van der Waals surface area (Å²) in [6, 6.07) is 10.3. The predicted molar refractivity (Wildman–Crippen MR) is 160 cm³/mol. The summed E-state index contributed by atoms with van der Waals surface area (Å²) in [5, 5.41) is 1.12. The number of aromatic nitrogens is 3. The molecule has 0 amide bonds. The fourth-order valence-electron chi connectivity index (χ4n) is 4.29. The third kappa shape index (κ3) is 6.24. The minimum atomic E-state index is -0.719. The zero-order chi connectivity index (χ0) is 29.3. The van der Waals surface area contributed by atoms with Gasteiger partial charge in [0.1, 0.15) is 11.5 Å². The second-order valence-electron chi connectivity index (χ2n) is 9.40. The van der Waals surface area contributed by atoms with Gasteiger partial charge < -0.3 is 13.9 Å². The highest BCUT2D eigenvalue weighted by atomic mass is 79.9. The Kier molecular flexibility index (Phi) is 8.62. The quantitative estimate of drug-likeness (QED) is 0.189. The number of allylic oxidation sites excluding steroid dienone is 1. The van der Waals surface area contributed by atoms with E-state index in [9.17, 15) is 9.59 Å². The van der Waals surface area contributed by atoms with E-state index in [4.69, 9.17) is 13.9 Å². The molecule has 5 rings (SSSR count). The Morgan fingerprint density at radius 2 is 2.00 bits per heavy atom. The van der Waals surface area contributed by atoms with Gasteiger partial charge >= 0.3 is 5.97 Å². The van der Waals surface area contributed by atoms with Crippen molar-refractivity contribution in [3.63, 3.8) is 0 Å². The highest BCUT2D eigenvalue weighted by molar-refractivity contribution is 9.10. The van der Waals surface area contributed by atoms with Gasteiger partial charge in [0.25, 0.3) is 5.56 Å². The van der Waals surface area contributed by atoms with E-state index < -0.39 is 12.0 Å². The number of benzene rings is 1. The van der Waals surface area contributed by atoms with Crippen LogP contribution in [-0.2, 0) is 9.53 Å². The Labute approximate surface area is 252 Å². The fraction of sp³-hybridized carbons (Fsp3) is 0.276. The van der Waals surface area contributed by atoms with Gasteiger partial charge in [-0.2, -0.15) is 0 Å². The summed E-state index contributed by atoms with van der Waals surface area (Å²) in [7, 11) is 0. The number of ether oxygens (including phenoxy) is 2. The van der Waals surface area contributed by atoms with Gasteiger partial charge in [-0.05, 0) is 92.1 Å². The Morgan fingerprint density at radius 1 is 1.24 bits per heavy atom. The molecule has 1 aliphatic rings. The molecule has 1 atom stereocenters. The highest BCUT2D eigenvalue weighted by Crippen LogP contribution is 2.35. The van der Waals surface area contributed by atoms with Crippen molar-refractivity contribution in [2.45, 2.75) is 57.0 Å². The molecule has 0 saturated heterocycles. The van der Waals surface area contributed by atoms with E-state index in [1.165, 1.54) is 23.1 Å². The summed E-state index contributed by atoms with van der Waals surface area (Å²) < 4.78 is 19.9. The first kappa shape index (κ1) is 29.0. The zero-order valence-electron chi connectivity index (χ0n) is 23.0.